The van der Waals surface area contributed by atoms with Gasteiger partial charge in [-0.05, 0) is 36.8 Å². The van der Waals surface area contributed by atoms with Crippen molar-refractivity contribution in [2.75, 3.05) is 17.7 Å². The van der Waals surface area contributed by atoms with Gasteiger partial charge in [0.1, 0.15) is 22.8 Å². The maximum absolute atomic E-state index is 14.1. The number of aromatic nitrogens is 4. The fraction of sp³-hybridized carbons (Fsp3) is 0.269. The molecule has 5 rings (SSSR count). The van der Waals surface area contributed by atoms with Crippen molar-refractivity contribution in [1.29, 1.82) is 0 Å². The van der Waals surface area contributed by atoms with Gasteiger partial charge in [-0.1, -0.05) is 30.3 Å². The maximum atomic E-state index is 14.1. The molecule has 0 saturated heterocycles. The zero-order valence-electron chi connectivity index (χ0n) is 20.8. The van der Waals surface area contributed by atoms with E-state index >= 15 is 0 Å². The minimum absolute atomic E-state index is 0.0221. The average Bonchev–Trinajstić information content (AvgIpc) is 3.42. The van der Waals surface area contributed by atoms with E-state index in [1.165, 1.54) is 11.8 Å². The molecule has 1 aliphatic rings. The fourth-order valence-electron chi connectivity index (χ4n) is 4.70. The van der Waals surface area contributed by atoms with Gasteiger partial charge in [-0.25, -0.2) is 9.36 Å². The van der Waals surface area contributed by atoms with E-state index in [1.54, 1.807) is 67.2 Å². The second-order valence-electron chi connectivity index (χ2n) is 9.01. The van der Waals surface area contributed by atoms with E-state index in [9.17, 15) is 22.8 Å². The molecule has 3 heterocycles. The van der Waals surface area contributed by atoms with Crippen molar-refractivity contribution in [2.45, 2.75) is 31.6 Å². The summed E-state index contributed by atoms with van der Waals surface area (Å²) in [6, 6.07) is 12.9. The Labute approximate surface area is 215 Å². The van der Waals surface area contributed by atoms with Crippen molar-refractivity contribution in [3.63, 3.8) is 0 Å². The number of carbonyl (C=O) groups is 1. The summed E-state index contributed by atoms with van der Waals surface area (Å²) in [6.45, 7) is 1.67. The van der Waals surface area contributed by atoms with Gasteiger partial charge >= 0.3 is 6.18 Å². The number of carbonyl (C=O) groups excluding carboxylic acids is 1. The van der Waals surface area contributed by atoms with Gasteiger partial charge in [-0.15, -0.1) is 0 Å². The summed E-state index contributed by atoms with van der Waals surface area (Å²) in [6.07, 6.45) is -3.85. The Morgan fingerprint density at radius 2 is 1.89 bits per heavy atom. The molecule has 38 heavy (non-hydrogen) atoms. The van der Waals surface area contributed by atoms with Gasteiger partial charge in [0, 0.05) is 13.5 Å². The van der Waals surface area contributed by atoms with Crippen molar-refractivity contribution in [2.24, 2.45) is 7.05 Å². The number of amides is 1. The lowest BCUT2D eigenvalue weighted by Crippen LogP contribution is -2.36. The Bertz CT molecular complexity index is 1550. The van der Waals surface area contributed by atoms with Gasteiger partial charge < -0.3 is 15.4 Å². The van der Waals surface area contributed by atoms with Crippen LogP contribution in [-0.2, 0) is 7.05 Å². The highest BCUT2D eigenvalue weighted by Crippen LogP contribution is 2.44. The van der Waals surface area contributed by atoms with Crippen LogP contribution in [0.1, 0.15) is 40.1 Å². The molecule has 4 aromatic rings. The predicted octanol–water partition coefficient (Wildman–Crippen LogP) is 4.60. The number of para-hydroxylation sites is 1. The molecule has 2 atom stereocenters. The zero-order valence-corrected chi connectivity index (χ0v) is 20.8. The molecule has 12 heteroatoms. The van der Waals surface area contributed by atoms with Crippen LogP contribution < -0.4 is 20.9 Å². The number of anilines is 2. The maximum Gasteiger partial charge on any atom is 0.410 e. The van der Waals surface area contributed by atoms with Crippen molar-refractivity contribution in [3.8, 4) is 11.4 Å². The summed E-state index contributed by atoms with van der Waals surface area (Å²) in [5.41, 5.74) is 1.09. The van der Waals surface area contributed by atoms with Crippen LogP contribution in [0.4, 0.5) is 24.7 Å². The number of nitrogens with one attached hydrogen (secondary N) is 2. The first-order valence-corrected chi connectivity index (χ1v) is 11.8. The normalized spacial score (nSPS) is 17.0. The van der Waals surface area contributed by atoms with Gasteiger partial charge in [0.05, 0.1) is 30.7 Å². The molecule has 0 aliphatic carbocycles. The smallest absolute Gasteiger partial charge is 0.410 e. The Morgan fingerprint density at radius 3 is 2.58 bits per heavy atom. The fourth-order valence-corrected chi connectivity index (χ4v) is 4.70. The van der Waals surface area contributed by atoms with Crippen LogP contribution in [0.15, 0.2) is 65.6 Å². The Hall–Kier alpha value is -4.48. The molecule has 0 radical (unpaired) electrons. The van der Waals surface area contributed by atoms with E-state index in [4.69, 9.17) is 4.74 Å². The highest BCUT2D eigenvalue weighted by Gasteiger charge is 2.47. The third kappa shape index (κ3) is 4.31. The lowest BCUT2D eigenvalue weighted by Gasteiger charge is -2.34. The molecule has 0 unspecified atom stereocenters. The van der Waals surface area contributed by atoms with Crippen molar-refractivity contribution in [3.05, 3.63) is 88.0 Å². The second-order valence-corrected chi connectivity index (χ2v) is 9.01. The number of fused-ring (bicyclic) bond motifs is 1. The van der Waals surface area contributed by atoms with Crippen molar-refractivity contribution in [1.82, 2.24) is 19.1 Å². The number of rotatable bonds is 5. The van der Waals surface area contributed by atoms with Gasteiger partial charge in [0.25, 0.3) is 11.5 Å². The first-order valence-electron chi connectivity index (χ1n) is 11.8. The number of benzene rings is 2. The van der Waals surface area contributed by atoms with Gasteiger partial charge in [-0.2, -0.15) is 18.3 Å². The zero-order chi connectivity index (χ0) is 27.2. The molecule has 0 spiro atoms. The van der Waals surface area contributed by atoms with Crippen LogP contribution in [-0.4, -0.2) is 38.3 Å². The third-order valence-corrected chi connectivity index (χ3v) is 6.77. The molecule has 0 fully saturated rings. The van der Waals surface area contributed by atoms with Crippen molar-refractivity contribution < 1.29 is 22.7 Å². The predicted molar refractivity (Wildman–Crippen MR) is 135 cm³/mol. The number of ether oxygens (including phenoxy) is 1. The summed E-state index contributed by atoms with van der Waals surface area (Å²) in [5.74, 6) is -0.336. The van der Waals surface area contributed by atoms with Gasteiger partial charge in [0.2, 0.25) is 0 Å². The minimum Gasteiger partial charge on any atom is -0.497 e. The minimum atomic E-state index is -4.60. The average molecular weight is 527 g/mol. The van der Waals surface area contributed by atoms with Crippen LogP contribution in [0.3, 0.4) is 0 Å². The van der Waals surface area contributed by atoms with Gasteiger partial charge in [-0.3, -0.25) is 14.3 Å². The molecule has 2 N–H and O–H groups in total. The molecular weight excluding hydrogens is 501 g/mol. The lowest BCUT2D eigenvalue weighted by molar-refractivity contribution is -0.173. The highest BCUT2D eigenvalue weighted by atomic mass is 19.4. The number of hydrogen-bond donors (Lipinski definition) is 2. The van der Waals surface area contributed by atoms with E-state index in [0.717, 1.165) is 10.9 Å². The summed E-state index contributed by atoms with van der Waals surface area (Å²) in [5, 5.41) is 9.55. The highest BCUT2D eigenvalue weighted by molar-refractivity contribution is 6.07. The standard InChI is InChI=1S/C26H25F3N6O3/c1-15-22(25(37)35(33(15)2)17-9-5-4-6-10-17)32-24(36)19-14-30-34-21(26(27,28)29)13-20(31-23(19)34)16-8-7-11-18(12-16)38-3/h4-12,14,20-21,31H,13H2,1-3H3,(H,32,36)/t20-,21-/m0/s1. The number of halogens is 3. The first kappa shape index (κ1) is 25.2. The first-order chi connectivity index (χ1) is 18.1. The molecule has 2 aromatic heterocycles. The molecule has 9 nitrogen and oxygen atoms in total. The molecular formula is C26H25F3N6O3. The Balaban J connectivity index is 1.51. The monoisotopic (exact) mass is 526 g/mol. The van der Waals surface area contributed by atoms with Crippen LogP contribution in [0.5, 0.6) is 5.75 Å². The van der Waals surface area contributed by atoms with E-state index in [2.05, 4.69) is 15.7 Å². The molecule has 1 amide bonds. The number of alkyl halides is 3. The molecule has 0 saturated carbocycles. The van der Waals surface area contributed by atoms with Crippen LogP contribution in [0.2, 0.25) is 0 Å². The summed E-state index contributed by atoms with van der Waals surface area (Å²) in [4.78, 5) is 26.6. The van der Waals surface area contributed by atoms with E-state index < -0.39 is 29.7 Å². The quantitative estimate of drug-likeness (QED) is 0.396. The summed E-state index contributed by atoms with van der Waals surface area (Å²) < 4.78 is 51.2. The molecule has 0 bridgehead atoms. The molecule has 1 aliphatic heterocycles. The molecule has 198 valence electrons. The van der Waals surface area contributed by atoms with Crippen LogP contribution >= 0.6 is 0 Å². The number of nitrogens with zero attached hydrogens (tertiary/aromatic N) is 4. The van der Waals surface area contributed by atoms with Crippen LogP contribution in [0, 0.1) is 6.92 Å². The van der Waals surface area contributed by atoms with Crippen molar-refractivity contribution >= 4 is 17.4 Å². The summed E-state index contributed by atoms with van der Waals surface area (Å²) in [7, 11) is 3.15. The van der Waals surface area contributed by atoms with E-state index in [0.29, 0.717) is 22.7 Å². The van der Waals surface area contributed by atoms with E-state index in [1.807, 2.05) is 6.07 Å². The SMILES string of the molecule is COc1cccc([C@@H]2C[C@@H](C(F)(F)F)n3ncc(C(=O)Nc4c(C)n(C)n(-c5ccccc5)c4=O)c3N2)c1. The van der Waals surface area contributed by atoms with Gasteiger partial charge in [0.15, 0.2) is 6.04 Å². The van der Waals surface area contributed by atoms with Crippen LogP contribution in [0.25, 0.3) is 5.69 Å². The second kappa shape index (κ2) is 9.43. The summed E-state index contributed by atoms with van der Waals surface area (Å²) >= 11 is 0. The third-order valence-electron chi connectivity index (χ3n) is 6.77. The molecule has 2 aromatic carbocycles. The Morgan fingerprint density at radius 1 is 1.16 bits per heavy atom. The topological polar surface area (TPSA) is 95.1 Å². The largest absolute Gasteiger partial charge is 0.497 e. The van der Waals surface area contributed by atoms with E-state index in [-0.39, 0.29) is 23.5 Å². The number of hydrogen-bond acceptors (Lipinski definition) is 5. The number of methoxy groups -OCH3 is 1. The lowest BCUT2D eigenvalue weighted by atomic mass is 9.96. The Kier molecular flexibility index (Phi) is 6.25.